The maximum atomic E-state index is 12.3. The highest BCUT2D eigenvalue weighted by molar-refractivity contribution is 5.95. The van der Waals surface area contributed by atoms with Crippen LogP contribution in [0.5, 0.6) is 0 Å². The third-order valence-electron chi connectivity index (χ3n) is 4.26. The van der Waals surface area contributed by atoms with Crippen LogP contribution >= 0.6 is 0 Å². The lowest BCUT2D eigenvalue weighted by Crippen LogP contribution is -2.41. The van der Waals surface area contributed by atoms with Crippen molar-refractivity contribution in [3.8, 4) is 0 Å². The van der Waals surface area contributed by atoms with Crippen molar-refractivity contribution in [1.29, 1.82) is 0 Å². The number of nitrogens with one attached hydrogen (secondary N) is 1. The number of hydrogen-bond acceptors (Lipinski definition) is 5. The van der Waals surface area contributed by atoms with Gasteiger partial charge in [-0.2, -0.15) is 0 Å². The minimum atomic E-state index is -0.458. The number of carbonyl (C=O) groups excluding carboxylic acids is 1. The summed E-state index contributed by atoms with van der Waals surface area (Å²) >= 11 is 0. The topological polar surface area (TPSA) is 95.7 Å². The lowest BCUT2D eigenvalue weighted by Gasteiger charge is -2.23. The Balaban J connectivity index is 2.06. The number of carbonyl (C=O) groups is 1. The SMILES string of the molecule is Cc1c(NC(=O)C(C)N2CCC(CO)C2)cccc1[N+](=O)[O-]. The molecule has 7 heteroatoms. The van der Waals surface area contributed by atoms with Gasteiger partial charge in [-0.1, -0.05) is 6.07 Å². The summed E-state index contributed by atoms with van der Waals surface area (Å²) in [5.74, 6) is 0.0250. The molecule has 1 aliphatic rings. The third kappa shape index (κ3) is 3.42. The second kappa shape index (κ2) is 6.85. The number of rotatable bonds is 5. The Bertz CT molecular complexity index is 576. The summed E-state index contributed by atoms with van der Waals surface area (Å²) in [6.45, 7) is 5.03. The highest BCUT2D eigenvalue weighted by atomic mass is 16.6. The molecule has 0 aromatic heterocycles. The van der Waals surface area contributed by atoms with Gasteiger partial charge in [-0.05, 0) is 38.8 Å². The zero-order chi connectivity index (χ0) is 16.3. The lowest BCUT2D eigenvalue weighted by atomic mass is 10.1. The summed E-state index contributed by atoms with van der Waals surface area (Å²) in [6.07, 6.45) is 0.879. The summed E-state index contributed by atoms with van der Waals surface area (Å²) in [6, 6.07) is 4.30. The van der Waals surface area contributed by atoms with Crippen molar-refractivity contribution in [2.24, 2.45) is 5.92 Å². The molecule has 1 aromatic carbocycles. The molecule has 1 fully saturated rings. The average molecular weight is 307 g/mol. The fraction of sp³-hybridized carbons (Fsp3) is 0.533. The first-order valence-electron chi connectivity index (χ1n) is 7.33. The van der Waals surface area contributed by atoms with E-state index in [1.165, 1.54) is 6.07 Å². The first kappa shape index (κ1) is 16.4. The fourth-order valence-corrected chi connectivity index (χ4v) is 2.72. The number of aliphatic hydroxyl groups excluding tert-OH is 1. The number of benzene rings is 1. The van der Waals surface area contributed by atoms with E-state index in [1.54, 1.807) is 19.1 Å². The van der Waals surface area contributed by atoms with Crippen LogP contribution in [-0.4, -0.2) is 46.6 Å². The van der Waals surface area contributed by atoms with E-state index in [1.807, 2.05) is 11.8 Å². The molecule has 7 nitrogen and oxygen atoms in total. The molecule has 0 spiro atoms. The number of anilines is 1. The molecular weight excluding hydrogens is 286 g/mol. The van der Waals surface area contributed by atoms with Crippen molar-refractivity contribution in [3.05, 3.63) is 33.9 Å². The summed E-state index contributed by atoms with van der Waals surface area (Å²) < 4.78 is 0. The van der Waals surface area contributed by atoms with Gasteiger partial charge >= 0.3 is 0 Å². The van der Waals surface area contributed by atoms with E-state index >= 15 is 0 Å². The van der Waals surface area contributed by atoms with Crippen LogP contribution in [0.4, 0.5) is 11.4 Å². The largest absolute Gasteiger partial charge is 0.396 e. The van der Waals surface area contributed by atoms with Crippen molar-refractivity contribution in [1.82, 2.24) is 4.90 Å². The highest BCUT2D eigenvalue weighted by Gasteiger charge is 2.29. The van der Waals surface area contributed by atoms with Crippen molar-refractivity contribution in [2.45, 2.75) is 26.3 Å². The van der Waals surface area contributed by atoms with Crippen LogP contribution in [0.15, 0.2) is 18.2 Å². The maximum absolute atomic E-state index is 12.3. The van der Waals surface area contributed by atoms with E-state index in [4.69, 9.17) is 5.11 Å². The van der Waals surface area contributed by atoms with E-state index in [0.29, 0.717) is 17.8 Å². The van der Waals surface area contributed by atoms with Gasteiger partial charge in [-0.3, -0.25) is 19.8 Å². The highest BCUT2D eigenvalue weighted by Crippen LogP contribution is 2.26. The van der Waals surface area contributed by atoms with Crippen LogP contribution in [0.1, 0.15) is 18.9 Å². The first-order valence-corrected chi connectivity index (χ1v) is 7.33. The standard InChI is InChI=1S/C15H21N3O4/c1-10-13(4-3-5-14(10)18(21)22)16-15(20)11(2)17-7-6-12(8-17)9-19/h3-5,11-12,19H,6-9H2,1-2H3,(H,16,20). The zero-order valence-electron chi connectivity index (χ0n) is 12.8. The Labute approximate surface area is 129 Å². The maximum Gasteiger partial charge on any atom is 0.274 e. The Morgan fingerprint density at radius 1 is 1.59 bits per heavy atom. The van der Waals surface area contributed by atoms with Gasteiger partial charge in [-0.15, -0.1) is 0 Å². The zero-order valence-corrected chi connectivity index (χ0v) is 12.8. The molecule has 2 rings (SSSR count). The van der Waals surface area contributed by atoms with Crippen molar-refractivity contribution in [2.75, 3.05) is 25.0 Å². The van der Waals surface area contributed by atoms with E-state index < -0.39 is 4.92 Å². The molecule has 1 aromatic rings. The Kier molecular flexibility index (Phi) is 5.10. The Hall–Kier alpha value is -1.99. The van der Waals surface area contributed by atoms with Crippen molar-refractivity contribution >= 4 is 17.3 Å². The molecule has 1 amide bonds. The van der Waals surface area contributed by atoms with Crippen LogP contribution in [0.2, 0.25) is 0 Å². The van der Waals surface area contributed by atoms with Gasteiger partial charge in [0, 0.05) is 19.2 Å². The van der Waals surface area contributed by atoms with Gasteiger partial charge in [-0.25, -0.2) is 0 Å². The molecule has 0 aliphatic carbocycles. The minimum Gasteiger partial charge on any atom is -0.396 e. The molecule has 1 aliphatic heterocycles. The molecule has 1 saturated heterocycles. The molecule has 120 valence electrons. The number of nitro benzene ring substituents is 1. The van der Waals surface area contributed by atoms with Crippen LogP contribution in [0.3, 0.4) is 0 Å². The number of nitrogens with zero attached hydrogens (tertiary/aromatic N) is 2. The molecule has 22 heavy (non-hydrogen) atoms. The second-order valence-electron chi connectivity index (χ2n) is 5.70. The summed E-state index contributed by atoms with van der Waals surface area (Å²) in [5.41, 5.74) is 0.902. The van der Waals surface area contributed by atoms with Gasteiger partial charge in [0.2, 0.25) is 5.91 Å². The molecular formula is C15H21N3O4. The number of hydrogen-bond donors (Lipinski definition) is 2. The van der Waals surface area contributed by atoms with E-state index in [0.717, 1.165) is 13.0 Å². The number of amides is 1. The first-order chi connectivity index (χ1) is 10.4. The van der Waals surface area contributed by atoms with Gasteiger partial charge in [0.05, 0.1) is 22.2 Å². The third-order valence-corrected chi connectivity index (χ3v) is 4.26. The van der Waals surface area contributed by atoms with Crippen LogP contribution in [0, 0.1) is 23.0 Å². The van der Waals surface area contributed by atoms with Crippen molar-refractivity contribution < 1.29 is 14.8 Å². The Morgan fingerprint density at radius 2 is 2.32 bits per heavy atom. The molecule has 2 unspecified atom stereocenters. The Morgan fingerprint density at radius 3 is 2.91 bits per heavy atom. The number of likely N-dealkylation sites (tertiary alicyclic amines) is 1. The molecule has 0 bridgehead atoms. The summed E-state index contributed by atoms with van der Waals surface area (Å²) in [4.78, 5) is 24.8. The second-order valence-corrected chi connectivity index (χ2v) is 5.70. The van der Waals surface area contributed by atoms with Crippen LogP contribution < -0.4 is 5.32 Å². The van der Waals surface area contributed by atoms with Crippen LogP contribution in [-0.2, 0) is 4.79 Å². The quantitative estimate of drug-likeness (QED) is 0.635. The summed E-state index contributed by atoms with van der Waals surface area (Å²) in [7, 11) is 0. The van der Waals surface area contributed by atoms with Crippen molar-refractivity contribution in [3.63, 3.8) is 0 Å². The van der Waals surface area contributed by atoms with Crippen LogP contribution in [0.25, 0.3) is 0 Å². The van der Waals surface area contributed by atoms with E-state index in [2.05, 4.69) is 5.32 Å². The van der Waals surface area contributed by atoms with Gasteiger partial charge in [0.1, 0.15) is 0 Å². The monoisotopic (exact) mass is 307 g/mol. The molecule has 0 saturated carbocycles. The fourth-order valence-electron chi connectivity index (χ4n) is 2.72. The summed E-state index contributed by atoms with van der Waals surface area (Å²) in [5, 5.41) is 22.9. The number of nitro groups is 1. The normalized spacial score (nSPS) is 19.9. The predicted molar refractivity (Wildman–Crippen MR) is 82.7 cm³/mol. The molecule has 0 radical (unpaired) electrons. The molecule has 1 heterocycles. The van der Waals surface area contributed by atoms with E-state index in [9.17, 15) is 14.9 Å². The van der Waals surface area contributed by atoms with E-state index in [-0.39, 0.29) is 30.2 Å². The molecule has 2 N–H and O–H groups in total. The minimum absolute atomic E-state index is 0.00744. The lowest BCUT2D eigenvalue weighted by molar-refractivity contribution is -0.385. The number of aliphatic hydroxyl groups is 1. The van der Waals surface area contributed by atoms with Gasteiger partial charge in [0.15, 0.2) is 0 Å². The molecule has 2 atom stereocenters. The van der Waals surface area contributed by atoms with Gasteiger partial charge < -0.3 is 10.4 Å². The van der Waals surface area contributed by atoms with Gasteiger partial charge in [0.25, 0.3) is 5.69 Å². The smallest absolute Gasteiger partial charge is 0.274 e. The average Bonchev–Trinajstić information content (AvgIpc) is 2.97. The predicted octanol–water partition coefficient (Wildman–Crippen LogP) is 1.54.